The van der Waals surface area contributed by atoms with Gasteiger partial charge in [-0.3, -0.25) is 14.4 Å². The molecule has 0 aliphatic heterocycles. The van der Waals surface area contributed by atoms with Gasteiger partial charge >= 0.3 is 24.1 Å². The Kier molecular flexibility index (Phi) is 13.5. The molecule has 0 fully saturated rings. The second kappa shape index (κ2) is 15.8. The van der Waals surface area contributed by atoms with Gasteiger partial charge in [0, 0.05) is 18.8 Å². The molecule has 0 bridgehead atoms. The minimum Gasteiger partial charge on any atom is -0.480 e. The lowest BCUT2D eigenvalue weighted by Gasteiger charge is -2.25. The first kappa shape index (κ1) is 30.9. The van der Waals surface area contributed by atoms with Gasteiger partial charge in [-0.2, -0.15) is 0 Å². The van der Waals surface area contributed by atoms with Gasteiger partial charge in [0.25, 0.3) is 0 Å². The molecule has 0 spiro atoms. The summed E-state index contributed by atoms with van der Waals surface area (Å²) in [6, 6.07) is 3.07. The van der Waals surface area contributed by atoms with Crippen LogP contribution in [0.1, 0.15) is 91.0 Å². The summed E-state index contributed by atoms with van der Waals surface area (Å²) in [6.07, 6.45) is 1.16. The van der Waals surface area contributed by atoms with Crippen molar-refractivity contribution in [1.29, 1.82) is 0 Å². The lowest BCUT2D eigenvalue weighted by atomic mass is 9.87. The smallest absolute Gasteiger partial charge is 0.480 e. The number of carboxylic acids is 1. The Morgan fingerprint density at radius 1 is 0.861 bits per heavy atom. The summed E-state index contributed by atoms with van der Waals surface area (Å²) in [5, 5.41) is 9.59. The van der Waals surface area contributed by atoms with Crippen LogP contribution in [0.15, 0.2) is 18.2 Å². The summed E-state index contributed by atoms with van der Waals surface area (Å²) in [5.41, 5.74) is 6.40. The van der Waals surface area contributed by atoms with Gasteiger partial charge in [0.15, 0.2) is 11.5 Å². The molecular formula is C26H39NO9. The normalized spacial score (nSPS) is 14.2. The van der Waals surface area contributed by atoms with E-state index < -0.39 is 42.1 Å². The fraction of sp³-hybridized carbons (Fsp3) is 0.615. The Hall–Kier alpha value is -3.14. The fourth-order valence-corrected chi connectivity index (χ4v) is 3.56. The second-order valence-corrected chi connectivity index (χ2v) is 8.76. The molecule has 4 atom stereocenters. The van der Waals surface area contributed by atoms with Gasteiger partial charge in [-0.05, 0) is 57.2 Å². The van der Waals surface area contributed by atoms with Crippen LogP contribution in [0.3, 0.4) is 0 Å². The molecule has 1 rings (SSSR count). The van der Waals surface area contributed by atoms with E-state index in [9.17, 15) is 24.3 Å². The van der Waals surface area contributed by atoms with Crippen molar-refractivity contribution >= 4 is 24.1 Å². The van der Waals surface area contributed by atoms with Crippen LogP contribution in [0.25, 0.3) is 0 Å². The van der Waals surface area contributed by atoms with E-state index in [1.54, 1.807) is 19.9 Å². The summed E-state index contributed by atoms with van der Waals surface area (Å²) >= 11 is 0. The third-order valence-electron chi connectivity index (χ3n) is 5.35. The predicted octanol–water partition coefficient (Wildman–Crippen LogP) is 4.71. The number of aliphatic carboxylic acids is 1. The first-order valence-electron chi connectivity index (χ1n) is 12.4. The summed E-state index contributed by atoms with van der Waals surface area (Å²) in [5.74, 6) is -3.06. The zero-order valence-corrected chi connectivity index (χ0v) is 21.8. The molecule has 0 heterocycles. The number of carboxylic acid groups (broad SMARTS) is 1. The molecule has 0 radical (unpaired) electrons. The average molecular weight is 510 g/mol. The lowest BCUT2D eigenvalue weighted by molar-refractivity contribution is -0.139. The highest BCUT2D eigenvalue weighted by Crippen LogP contribution is 2.35. The van der Waals surface area contributed by atoms with Crippen molar-refractivity contribution in [1.82, 2.24) is 0 Å². The molecule has 202 valence electrons. The molecule has 0 saturated carbocycles. The zero-order chi connectivity index (χ0) is 27.3. The maximum Gasteiger partial charge on any atom is 0.508 e. The van der Waals surface area contributed by atoms with Crippen LogP contribution in [0.5, 0.6) is 11.5 Å². The number of hydrogen-bond acceptors (Lipinski definition) is 9. The minimum atomic E-state index is -1.35. The molecule has 0 aromatic heterocycles. The van der Waals surface area contributed by atoms with Crippen LogP contribution in [-0.4, -0.2) is 47.4 Å². The maximum atomic E-state index is 12.2. The second-order valence-electron chi connectivity index (χ2n) is 8.76. The Balaban J connectivity index is 3.22. The van der Waals surface area contributed by atoms with Crippen LogP contribution < -0.4 is 15.2 Å². The molecule has 3 unspecified atom stereocenters. The van der Waals surface area contributed by atoms with Crippen LogP contribution >= 0.6 is 0 Å². The van der Waals surface area contributed by atoms with Crippen molar-refractivity contribution in [2.24, 2.45) is 5.73 Å². The van der Waals surface area contributed by atoms with E-state index in [4.69, 9.17) is 24.7 Å². The highest BCUT2D eigenvalue weighted by atomic mass is 16.7. The molecule has 0 aliphatic rings. The van der Waals surface area contributed by atoms with E-state index >= 15 is 0 Å². The van der Waals surface area contributed by atoms with Crippen LogP contribution in [0.2, 0.25) is 0 Å². The van der Waals surface area contributed by atoms with Gasteiger partial charge in [-0.25, -0.2) is 4.79 Å². The maximum absolute atomic E-state index is 12.2. The minimum absolute atomic E-state index is 0.0145. The highest BCUT2D eigenvalue weighted by Gasteiger charge is 2.30. The zero-order valence-electron chi connectivity index (χ0n) is 21.8. The third-order valence-corrected chi connectivity index (χ3v) is 5.35. The molecule has 1 aromatic rings. The molecule has 0 saturated heterocycles. The standard InChI is InChI=1S/C26H39NO9/c1-6-9-16(4)33-26(32)34-17(5)14-19(24(27)25(30)31)18-12-13-20(35-22(28)10-7-2)21(15-18)36-23(29)11-8-3/h12-13,15-17,19,24H,6-11,14,27H2,1-5H3,(H,30,31)/t16?,17?,19?,24-/m0/s1. The number of ether oxygens (including phenoxy) is 4. The van der Waals surface area contributed by atoms with E-state index in [0.29, 0.717) is 24.8 Å². The summed E-state index contributed by atoms with van der Waals surface area (Å²) in [4.78, 5) is 48.1. The number of nitrogens with two attached hydrogens (primary N) is 1. The molecule has 1 aromatic carbocycles. The number of esters is 2. The molecular weight excluding hydrogens is 470 g/mol. The van der Waals surface area contributed by atoms with Crippen molar-refractivity contribution in [3.63, 3.8) is 0 Å². The van der Waals surface area contributed by atoms with Crippen molar-refractivity contribution in [3.05, 3.63) is 23.8 Å². The quantitative estimate of drug-likeness (QED) is 0.251. The van der Waals surface area contributed by atoms with E-state index in [2.05, 4.69) is 0 Å². The first-order valence-corrected chi connectivity index (χ1v) is 12.4. The number of carbonyl (C=O) groups excluding carboxylic acids is 3. The molecule has 0 amide bonds. The summed E-state index contributed by atoms with van der Waals surface area (Å²) in [6.45, 7) is 8.98. The largest absolute Gasteiger partial charge is 0.508 e. The third kappa shape index (κ3) is 10.6. The van der Waals surface area contributed by atoms with Crippen molar-refractivity contribution < 1.29 is 43.2 Å². The van der Waals surface area contributed by atoms with Crippen molar-refractivity contribution in [2.75, 3.05) is 0 Å². The van der Waals surface area contributed by atoms with Crippen molar-refractivity contribution in [3.8, 4) is 11.5 Å². The van der Waals surface area contributed by atoms with Gasteiger partial charge in [0.05, 0.1) is 0 Å². The molecule has 10 heteroatoms. The number of benzene rings is 1. The first-order chi connectivity index (χ1) is 17.0. The molecule has 3 N–H and O–H groups in total. The van der Waals surface area contributed by atoms with E-state index in [1.807, 2.05) is 20.8 Å². The number of hydrogen-bond donors (Lipinski definition) is 2. The Morgan fingerprint density at radius 2 is 1.42 bits per heavy atom. The van der Waals surface area contributed by atoms with E-state index in [-0.39, 0.29) is 36.9 Å². The Morgan fingerprint density at radius 3 is 1.94 bits per heavy atom. The van der Waals surface area contributed by atoms with Gasteiger partial charge in [0.1, 0.15) is 18.2 Å². The van der Waals surface area contributed by atoms with Gasteiger partial charge < -0.3 is 29.8 Å². The fourth-order valence-electron chi connectivity index (χ4n) is 3.56. The lowest BCUT2D eigenvalue weighted by Crippen LogP contribution is -2.38. The van der Waals surface area contributed by atoms with Gasteiger partial charge in [-0.1, -0.05) is 33.3 Å². The monoisotopic (exact) mass is 509 g/mol. The van der Waals surface area contributed by atoms with Gasteiger partial charge in [-0.15, -0.1) is 0 Å². The van der Waals surface area contributed by atoms with Crippen LogP contribution in [-0.2, 0) is 23.9 Å². The number of rotatable bonds is 15. The van der Waals surface area contributed by atoms with E-state index in [0.717, 1.165) is 6.42 Å². The Labute approximate surface area is 212 Å². The molecule has 10 nitrogen and oxygen atoms in total. The SMILES string of the molecule is CCCC(=O)Oc1ccc(C(CC(C)OC(=O)OC(C)CCC)[C@H](N)C(=O)O)cc1OC(=O)CCC. The highest BCUT2D eigenvalue weighted by molar-refractivity contribution is 5.77. The predicted molar refractivity (Wildman–Crippen MR) is 132 cm³/mol. The van der Waals surface area contributed by atoms with E-state index in [1.165, 1.54) is 12.1 Å². The van der Waals surface area contributed by atoms with Crippen LogP contribution in [0.4, 0.5) is 4.79 Å². The Bertz CT molecular complexity index is 886. The summed E-state index contributed by atoms with van der Waals surface area (Å²) < 4.78 is 21.3. The van der Waals surface area contributed by atoms with Crippen molar-refractivity contribution in [2.45, 2.75) is 104 Å². The summed E-state index contributed by atoms with van der Waals surface area (Å²) in [7, 11) is 0. The average Bonchev–Trinajstić information content (AvgIpc) is 2.78. The molecule has 36 heavy (non-hydrogen) atoms. The number of carbonyl (C=O) groups is 4. The van der Waals surface area contributed by atoms with Gasteiger partial charge in [0.2, 0.25) is 0 Å². The topological polar surface area (TPSA) is 151 Å². The van der Waals surface area contributed by atoms with Crippen LogP contribution in [0, 0.1) is 0 Å². The molecule has 0 aliphatic carbocycles.